The van der Waals surface area contributed by atoms with Gasteiger partial charge in [-0.2, -0.15) is 0 Å². The van der Waals surface area contributed by atoms with Gasteiger partial charge in [0.15, 0.2) is 4.77 Å². The van der Waals surface area contributed by atoms with E-state index < -0.39 is 5.97 Å². The van der Waals surface area contributed by atoms with Crippen LogP contribution in [0, 0.1) is 18.6 Å². The van der Waals surface area contributed by atoms with Crippen molar-refractivity contribution in [3.05, 3.63) is 42.7 Å². The maximum absolute atomic E-state index is 11.4. The van der Waals surface area contributed by atoms with Crippen molar-refractivity contribution in [2.75, 3.05) is 0 Å². The van der Waals surface area contributed by atoms with E-state index in [1.54, 1.807) is 25.4 Å². The SMILES string of the molecule is Cc1csc(C(=O)O)c1-n1cc(C)c(=O)[nH]c1=S. The Balaban J connectivity index is 2.81. The van der Waals surface area contributed by atoms with Crippen LogP contribution in [-0.4, -0.2) is 20.6 Å². The molecule has 0 aliphatic heterocycles. The van der Waals surface area contributed by atoms with Gasteiger partial charge in [-0.15, -0.1) is 11.3 Å². The number of carboxylic acid groups (broad SMARTS) is 1. The molecule has 94 valence electrons. The maximum Gasteiger partial charge on any atom is 0.348 e. The van der Waals surface area contributed by atoms with Crippen LogP contribution < -0.4 is 5.56 Å². The fraction of sp³-hybridized carbons (Fsp3) is 0.182. The van der Waals surface area contributed by atoms with Gasteiger partial charge < -0.3 is 5.11 Å². The maximum atomic E-state index is 11.4. The van der Waals surface area contributed by atoms with E-state index in [-0.39, 0.29) is 15.2 Å². The number of nitrogens with one attached hydrogen (secondary N) is 1. The van der Waals surface area contributed by atoms with Crippen molar-refractivity contribution in [1.29, 1.82) is 0 Å². The first-order valence-electron chi connectivity index (χ1n) is 5.06. The topological polar surface area (TPSA) is 75.1 Å². The normalized spacial score (nSPS) is 10.6. The summed E-state index contributed by atoms with van der Waals surface area (Å²) < 4.78 is 1.72. The van der Waals surface area contributed by atoms with Crippen LogP contribution in [0.25, 0.3) is 5.69 Å². The first-order valence-corrected chi connectivity index (χ1v) is 6.35. The highest BCUT2D eigenvalue weighted by Gasteiger charge is 2.17. The van der Waals surface area contributed by atoms with E-state index in [0.717, 1.165) is 16.9 Å². The Morgan fingerprint density at radius 1 is 1.44 bits per heavy atom. The van der Waals surface area contributed by atoms with Crippen LogP contribution >= 0.6 is 23.6 Å². The van der Waals surface area contributed by atoms with Gasteiger partial charge in [0, 0.05) is 11.8 Å². The Hall–Kier alpha value is -1.73. The van der Waals surface area contributed by atoms with Crippen LogP contribution in [0.4, 0.5) is 0 Å². The number of hydrogen-bond acceptors (Lipinski definition) is 4. The number of aromatic carboxylic acids is 1. The van der Waals surface area contributed by atoms with Crippen molar-refractivity contribution in [3.8, 4) is 5.69 Å². The van der Waals surface area contributed by atoms with Gasteiger partial charge in [0.1, 0.15) is 4.88 Å². The van der Waals surface area contributed by atoms with Crippen LogP contribution in [0.1, 0.15) is 20.8 Å². The van der Waals surface area contributed by atoms with Crippen LogP contribution in [0.2, 0.25) is 0 Å². The molecule has 0 unspecified atom stereocenters. The number of thiophene rings is 1. The van der Waals surface area contributed by atoms with E-state index in [0.29, 0.717) is 11.3 Å². The van der Waals surface area contributed by atoms with Crippen molar-refractivity contribution in [2.45, 2.75) is 13.8 Å². The fourth-order valence-corrected chi connectivity index (χ4v) is 2.74. The number of aromatic nitrogens is 2. The third-order valence-corrected chi connectivity index (χ3v) is 3.87. The molecule has 0 bridgehead atoms. The molecule has 2 N–H and O–H groups in total. The van der Waals surface area contributed by atoms with Gasteiger partial charge in [-0.1, -0.05) is 0 Å². The molecule has 2 rings (SSSR count). The lowest BCUT2D eigenvalue weighted by atomic mass is 10.2. The molecule has 0 fully saturated rings. The number of carboxylic acids is 1. The van der Waals surface area contributed by atoms with Gasteiger partial charge in [-0.3, -0.25) is 14.3 Å². The molecule has 0 atom stereocenters. The van der Waals surface area contributed by atoms with Crippen molar-refractivity contribution in [1.82, 2.24) is 9.55 Å². The Kier molecular flexibility index (Phi) is 3.18. The first kappa shape index (κ1) is 12.7. The quantitative estimate of drug-likeness (QED) is 0.829. The van der Waals surface area contributed by atoms with Gasteiger partial charge in [0.2, 0.25) is 0 Å². The smallest absolute Gasteiger partial charge is 0.348 e. The average molecular weight is 282 g/mol. The number of aryl methyl sites for hydroxylation is 2. The fourth-order valence-electron chi connectivity index (χ4n) is 1.62. The Morgan fingerprint density at radius 2 is 2.11 bits per heavy atom. The minimum atomic E-state index is -1.01. The predicted molar refractivity (Wildman–Crippen MR) is 71.5 cm³/mol. The highest BCUT2D eigenvalue weighted by Crippen LogP contribution is 2.26. The standard InChI is InChI=1S/C11H10N2O3S2/c1-5-3-13(11(17)12-9(5)14)7-6(2)4-18-8(7)10(15)16/h3-4H,1-2H3,(H,15,16)(H,12,14,17). The molecule has 0 saturated heterocycles. The van der Waals surface area contributed by atoms with Crippen LogP contribution in [0.3, 0.4) is 0 Å². The van der Waals surface area contributed by atoms with Crippen molar-refractivity contribution < 1.29 is 9.90 Å². The second kappa shape index (κ2) is 4.51. The van der Waals surface area contributed by atoms with Crippen molar-refractivity contribution in [2.24, 2.45) is 0 Å². The summed E-state index contributed by atoms with van der Waals surface area (Å²) in [5.74, 6) is -1.01. The minimum absolute atomic E-state index is 0.189. The lowest BCUT2D eigenvalue weighted by molar-refractivity contribution is 0.0702. The third-order valence-electron chi connectivity index (χ3n) is 2.50. The molecule has 0 aromatic carbocycles. The highest BCUT2D eigenvalue weighted by molar-refractivity contribution is 7.71. The number of carbonyl (C=O) groups is 1. The largest absolute Gasteiger partial charge is 0.477 e. The van der Waals surface area contributed by atoms with E-state index >= 15 is 0 Å². The molecule has 0 aliphatic rings. The Morgan fingerprint density at radius 3 is 2.72 bits per heavy atom. The molecular weight excluding hydrogens is 272 g/mol. The van der Waals surface area contributed by atoms with Crippen LogP contribution in [-0.2, 0) is 0 Å². The molecule has 2 heterocycles. The second-order valence-corrected chi connectivity index (χ2v) is 5.11. The molecule has 18 heavy (non-hydrogen) atoms. The monoisotopic (exact) mass is 282 g/mol. The first-order chi connectivity index (χ1) is 8.41. The Labute approximate surface area is 111 Å². The van der Waals surface area contributed by atoms with Gasteiger partial charge >= 0.3 is 5.97 Å². The number of aromatic amines is 1. The Bertz CT molecular complexity index is 739. The molecule has 2 aromatic heterocycles. The average Bonchev–Trinajstić information content (AvgIpc) is 2.66. The van der Waals surface area contributed by atoms with Gasteiger partial charge in [-0.25, -0.2) is 4.79 Å². The summed E-state index contributed by atoms with van der Waals surface area (Å²) >= 11 is 6.21. The van der Waals surface area contributed by atoms with E-state index in [1.807, 2.05) is 0 Å². The zero-order chi connectivity index (χ0) is 13.4. The summed E-state index contributed by atoms with van der Waals surface area (Å²) in [5.41, 5.74) is 1.53. The van der Waals surface area contributed by atoms with Crippen LogP contribution in [0.5, 0.6) is 0 Å². The summed E-state index contributed by atoms with van der Waals surface area (Å²) in [6.45, 7) is 3.45. The zero-order valence-electron chi connectivity index (χ0n) is 9.68. The van der Waals surface area contributed by atoms with Gasteiger partial charge in [0.25, 0.3) is 5.56 Å². The summed E-state index contributed by atoms with van der Waals surface area (Å²) in [6.07, 6.45) is 1.56. The highest BCUT2D eigenvalue weighted by atomic mass is 32.1. The molecule has 0 spiro atoms. The summed E-state index contributed by atoms with van der Waals surface area (Å²) in [6, 6.07) is 0. The number of hydrogen-bond donors (Lipinski definition) is 2. The molecule has 2 aromatic rings. The predicted octanol–water partition coefficient (Wildman–Crippen LogP) is 2.27. The number of H-pyrrole nitrogens is 1. The van der Waals surface area contributed by atoms with Crippen molar-refractivity contribution in [3.63, 3.8) is 0 Å². The molecule has 0 aliphatic carbocycles. The summed E-state index contributed by atoms with van der Waals surface area (Å²) in [7, 11) is 0. The molecule has 5 nitrogen and oxygen atoms in total. The van der Waals surface area contributed by atoms with Gasteiger partial charge in [0.05, 0.1) is 5.69 Å². The number of rotatable bonds is 2. The van der Waals surface area contributed by atoms with Crippen LogP contribution in [0.15, 0.2) is 16.4 Å². The lowest BCUT2D eigenvalue weighted by Crippen LogP contribution is -2.16. The van der Waals surface area contributed by atoms with E-state index in [4.69, 9.17) is 17.3 Å². The van der Waals surface area contributed by atoms with E-state index in [2.05, 4.69) is 4.98 Å². The third kappa shape index (κ3) is 2.02. The molecule has 0 saturated carbocycles. The van der Waals surface area contributed by atoms with E-state index in [1.165, 1.54) is 4.57 Å². The molecular formula is C11H10N2O3S2. The molecule has 0 radical (unpaired) electrons. The lowest BCUT2D eigenvalue weighted by Gasteiger charge is -2.08. The van der Waals surface area contributed by atoms with E-state index in [9.17, 15) is 9.59 Å². The molecule has 7 heteroatoms. The molecule has 0 amide bonds. The van der Waals surface area contributed by atoms with Crippen molar-refractivity contribution >= 4 is 29.5 Å². The second-order valence-electron chi connectivity index (χ2n) is 3.84. The minimum Gasteiger partial charge on any atom is -0.477 e. The zero-order valence-corrected chi connectivity index (χ0v) is 11.3. The number of nitrogens with zero attached hydrogens (tertiary/aromatic N) is 1. The van der Waals surface area contributed by atoms with Gasteiger partial charge in [-0.05, 0) is 37.0 Å². The summed E-state index contributed by atoms with van der Waals surface area (Å²) in [5, 5.41) is 10.9. The summed E-state index contributed by atoms with van der Waals surface area (Å²) in [4.78, 5) is 25.3.